The Morgan fingerprint density at radius 2 is 1.85 bits per heavy atom. The van der Waals surface area contributed by atoms with Gasteiger partial charge in [0.2, 0.25) is 5.91 Å². The summed E-state index contributed by atoms with van der Waals surface area (Å²) in [5.74, 6) is 0.729. The van der Waals surface area contributed by atoms with Crippen LogP contribution in [0.1, 0.15) is 61.4 Å². The summed E-state index contributed by atoms with van der Waals surface area (Å²) in [7, 11) is 0. The average Bonchev–Trinajstić information content (AvgIpc) is 2.75. The van der Waals surface area contributed by atoms with Gasteiger partial charge in [-0.3, -0.25) is 4.79 Å². The maximum atomic E-state index is 11.4. The number of anilines is 1. The van der Waals surface area contributed by atoms with Crippen molar-refractivity contribution in [3.8, 4) is 0 Å². The fourth-order valence-corrected chi connectivity index (χ4v) is 3.84. The second-order valence-electron chi connectivity index (χ2n) is 6.12. The fourth-order valence-electron chi connectivity index (χ4n) is 3.45. The lowest BCUT2D eigenvalue weighted by molar-refractivity contribution is -0.116. The van der Waals surface area contributed by atoms with Crippen LogP contribution in [0.4, 0.5) is 5.69 Å². The van der Waals surface area contributed by atoms with E-state index in [0.717, 1.165) is 12.1 Å². The summed E-state index contributed by atoms with van der Waals surface area (Å²) in [6.45, 7) is 0. The highest BCUT2D eigenvalue weighted by atomic mass is 35.5. The molecule has 2 aliphatic rings. The molecule has 1 N–H and O–H groups in total. The molecule has 20 heavy (non-hydrogen) atoms. The SMILES string of the molecule is O=C1CCc2cc(C(Cl)C3CCCCCC3)ccc2N1. The molecule has 108 valence electrons. The number of aryl methyl sites for hydroxylation is 1. The van der Waals surface area contributed by atoms with E-state index >= 15 is 0 Å². The topological polar surface area (TPSA) is 29.1 Å². The number of nitrogens with one attached hydrogen (secondary N) is 1. The number of amides is 1. The van der Waals surface area contributed by atoms with Gasteiger partial charge in [-0.2, -0.15) is 0 Å². The summed E-state index contributed by atoms with van der Waals surface area (Å²) in [6, 6.07) is 6.32. The summed E-state index contributed by atoms with van der Waals surface area (Å²) >= 11 is 6.74. The van der Waals surface area contributed by atoms with Crippen LogP contribution in [0.25, 0.3) is 0 Å². The molecule has 3 rings (SSSR count). The third-order valence-corrected chi connectivity index (χ3v) is 5.27. The summed E-state index contributed by atoms with van der Waals surface area (Å²) < 4.78 is 0. The van der Waals surface area contributed by atoms with Crippen molar-refractivity contribution in [2.24, 2.45) is 5.92 Å². The molecular formula is C17H22ClNO. The molecule has 1 saturated carbocycles. The number of hydrogen-bond donors (Lipinski definition) is 1. The summed E-state index contributed by atoms with van der Waals surface area (Å²) in [5, 5.41) is 3.05. The van der Waals surface area contributed by atoms with Gasteiger partial charge < -0.3 is 5.32 Å². The largest absolute Gasteiger partial charge is 0.326 e. The molecule has 2 nitrogen and oxygen atoms in total. The van der Waals surface area contributed by atoms with Crippen LogP contribution in [-0.4, -0.2) is 5.91 Å². The van der Waals surface area contributed by atoms with Gasteiger partial charge in [0.25, 0.3) is 0 Å². The number of halogens is 1. The minimum absolute atomic E-state index is 0.121. The molecule has 0 saturated heterocycles. The average molecular weight is 292 g/mol. The number of benzene rings is 1. The van der Waals surface area contributed by atoms with E-state index in [-0.39, 0.29) is 11.3 Å². The van der Waals surface area contributed by atoms with Gasteiger partial charge in [0.1, 0.15) is 0 Å². The van der Waals surface area contributed by atoms with Crippen molar-refractivity contribution in [1.29, 1.82) is 0 Å². The molecule has 1 aromatic rings. The number of alkyl halides is 1. The molecule has 0 bridgehead atoms. The van der Waals surface area contributed by atoms with Gasteiger partial charge >= 0.3 is 0 Å². The van der Waals surface area contributed by atoms with Crippen molar-refractivity contribution >= 4 is 23.2 Å². The number of fused-ring (bicyclic) bond motifs is 1. The summed E-state index contributed by atoms with van der Waals surface area (Å²) in [4.78, 5) is 11.4. The van der Waals surface area contributed by atoms with Crippen LogP contribution in [0.5, 0.6) is 0 Å². The molecule has 1 amide bonds. The highest BCUT2D eigenvalue weighted by Gasteiger charge is 2.24. The second-order valence-corrected chi connectivity index (χ2v) is 6.59. The first-order chi connectivity index (χ1) is 9.74. The van der Waals surface area contributed by atoms with E-state index in [1.807, 2.05) is 6.07 Å². The van der Waals surface area contributed by atoms with Crippen molar-refractivity contribution < 1.29 is 4.79 Å². The predicted molar refractivity (Wildman–Crippen MR) is 83.2 cm³/mol. The van der Waals surface area contributed by atoms with E-state index in [1.165, 1.54) is 49.7 Å². The molecule has 1 aliphatic carbocycles. The lowest BCUT2D eigenvalue weighted by atomic mass is 9.90. The first-order valence-corrected chi connectivity index (χ1v) is 8.24. The van der Waals surface area contributed by atoms with Crippen molar-refractivity contribution in [3.63, 3.8) is 0 Å². The zero-order valence-electron chi connectivity index (χ0n) is 11.8. The molecular weight excluding hydrogens is 270 g/mol. The van der Waals surface area contributed by atoms with Crippen LogP contribution in [0.2, 0.25) is 0 Å². The fraction of sp³-hybridized carbons (Fsp3) is 0.588. The van der Waals surface area contributed by atoms with Crippen LogP contribution in [0, 0.1) is 5.92 Å². The van der Waals surface area contributed by atoms with Crippen LogP contribution in [0.15, 0.2) is 18.2 Å². The van der Waals surface area contributed by atoms with Gasteiger partial charge in [0.15, 0.2) is 0 Å². The zero-order valence-corrected chi connectivity index (χ0v) is 12.6. The van der Waals surface area contributed by atoms with Crippen molar-refractivity contribution in [2.75, 3.05) is 5.32 Å². The van der Waals surface area contributed by atoms with Crippen LogP contribution >= 0.6 is 11.6 Å². The van der Waals surface area contributed by atoms with E-state index in [4.69, 9.17) is 11.6 Å². The smallest absolute Gasteiger partial charge is 0.224 e. The van der Waals surface area contributed by atoms with Crippen LogP contribution < -0.4 is 5.32 Å². The Morgan fingerprint density at radius 3 is 2.60 bits per heavy atom. The Hall–Kier alpha value is -1.02. The van der Waals surface area contributed by atoms with Crippen LogP contribution in [-0.2, 0) is 11.2 Å². The van der Waals surface area contributed by atoms with E-state index in [0.29, 0.717) is 12.3 Å². The highest BCUT2D eigenvalue weighted by molar-refractivity contribution is 6.21. The minimum Gasteiger partial charge on any atom is -0.326 e. The van der Waals surface area contributed by atoms with Gasteiger partial charge in [-0.25, -0.2) is 0 Å². The Morgan fingerprint density at radius 1 is 1.10 bits per heavy atom. The van der Waals surface area contributed by atoms with Gasteiger partial charge in [0.05, 0.1) is 5.38 Å². The molecule has 0 radical (unpaired) electrons. The molecule has 1 aliphatic heterocycles. The molecule has 1 heterocycles. The summed E-state index contributed by atoms with van der Waals surface area (Å²) in [6.07, 6.45) is 9.27. The number of carbonyl (C=O) groups excluding carboxylic acids is 1. The van der Waals surface area contributed by atoms with Gasteiger partial charge in [-0.05, 0) is 42.4 Å². The van der Waals surface area contributed by atoms with Crippen LogP contribution in [0.3, 0.4) is 0 Å². The first-order valence-electron chi connectivity index (χ1n) is 7.81. The maximum absolute atomic E-state index is 11.4. The third-order valence-electron chi connectivity index (χ3n) is 4.66. The quantitative estimate of drug-likeness (QED) is 0.614. The Bertz CT molecular complexity index is 492. The summed E-state index contributed by atoms with van der Waals surface area (Å²) in [5.41, 5.74) is 3.43. The van der Waals surface area contributed by atoms with Crippen molar-refractivity contribution in [3.05, 3.63) is 29.3 Å². The van der Waals surface area contributed by atoms with E-state index < -0.39 is 0 Å². The second kappa shape index (κ2) is 6.17. The standard InChI is InChI=1S/C17H22ClNO/c18-17(12-5-3-1-2-4-6-12)14-7-9-15-13(11-14)8-10-16(20)19-15/h7,9,11-12,17H,1-6,8,10H2,(H,19,20). The first kappa shape index (κ1) is 13.9. The number of hydrogen-bond acceptors (Lipinski definition) is 1. The Labute approximate surface area is 125 Å². The van der Waals surface area contributed by atoms with E-state index in [9.17, 15) is 4.79 Å². The van der Waals surface area contributed by atoms with Crippen molar-refractivity contribution in [1.82, 2.24) is 0 Å². The Balaban J connectivity index is 1.77. The third kappa shape index (κ3) is 3.01. The van der Waals surface area contributed by atoms with Gasteiger partial charge in [0, 0.05) is 12.1 Å². The molecule has 0 aromatic heterocycles. The maximum Gasteiger partial charge on any atom is 0.224 e. The van der Waals surface area contributed by atoms with E-state index in [1.54, 1.807) is 0 Å². The van der Waals surface area contributed by atoms with E-state index in [2.05, 4.69) is 17.4 Å². The minimum atomic E-state index is 0.121. The molecule has 0 spiro atoms. The normalized spacial score (nSPS) is 21.8. The molecule has 1 fully saturated rings. The van der Waals surface area contributed by atoms with Gasteiger partial charge in [-0.1, -0.05) is 37.8 Å². The lowest BCUT2D eigenvalue weighted by Crippen LogP contribution is -2.19. The Kier molecular flexibility index (Phi) is 4.30. The number of carbonyl (C=O) groups is 1. The molecule has 1 atom stereocenters. The van der Waals surface area contributed by atoms with Gasteiger partial charge in [-0.15, -0.1) is 11.6 Å². The molecule has 3 heteroatoms. The monoisotopic (exact) mass is 291 g/mol. The zero-order chi connectivity index (χ0) is 13.9. The predicted octanol–water partition coefficient (Wildman–Crippen LogP) is 4.82. The van der Waals surface area contributed by atoms with Crippen molar-refractivity contribution in [2.45, 2.75) is 56.7 Å². The lowest BCUT2D eigenvalue weighted by Gasteiger charge is -2.23. The molecule has 1 unspecified atom stereocenters. The highest BCUT2D eigenvalue weighted by Crippen LogP contribution is 2.39. The number of rotatable bonds is 2. The molecule has 1 aromatic carbocycles.